The van der Waals surface area contributed by atoms with Crippen molar-refractivity contribution in [1.29, 1.82) is 0 Å². The number of carbonyl (C=O) groups is 2. The minimum absolute atomic E-state index is 0.255. The molecule has 2 unspecified atom stereocenters. The first-order valence-corrected chi connectivity index (χ1v) is 14.3. The maximum absolute atomic E-state index is 13.4. The van der Waals surface area contributed by atoms with Crippen molar-refractivity contribution >= 4 is 58.6 Å². The summed E-state index contributed by atoms with van der Waals surface area (Å²) in [6, 6.07) is 10.3. The van der Waals surface area contributed by atoms with Crippen molar-refractivity contribution in [3.8, 4) is 11.5 Å². The summed E-state index contributed by atoms with van der Waals surface area (Å²) in [4.78, 5) is 36.4. The molecule has 1 amide bonds. The fourth-order valence-electron chi connectivity index (χ4n) is 3.48. The van der Waals surface area contributed by atoms with Crippen molar-refractivity contribution in [2.24, 2.45) is 5.41 Å². The van der Waals surface area contributed by atoms with E-state index in [-0.39, 0.29) is 5.56 Å². The molecular formula is C26H29ClNO8PS. The molecule has 2 N–H and O–H groups in total. The van der Waals surface area contributed by atoms with E-state index < -0.39 is 37.3 Å². The molecule has 204 valence electrons. The molecule has 0 saturated heterocycles. The Morgan fingerprint density at radius 2 is 1.92 bits per heavy atom. The maximum Gasteiger partial charge on any atom is 0.347 e. The molecule has 9 nitrogen and oxygen atoms in total. The Morgan fingerprint density at radius 1 is 1.18 bits per heavy atom. The number of para-hydroxylation sites is 1. The molecule has 2 aromatic carbocycles. The number of halogens is 1. The topological polar surface area (TPSA) is 120 Å². The summed E-state index contributed by atoms with van der Waals surface area (Å²) in [6.07, 6.45) is 2.89. The fourth-order valence-corrected chi connectivity index (χ4v) is 6.01. The molecule has 3 rings (SSSR count). The van der Waals surface area contributed by atoms with E-state index in [0.717, 1.165) is 4.70 Å². The summed E-state index contributed by atoms with van der Waals surface area (Å²) < 4.78 is 35.0. The normalized spacial score (nSPS) is 14.2. The van der Waals surface area contributed by atoms with Crippen LogP contribution >= 0.6 is 30.5 Å². The Morgan fingerprint density at radius 3 is 2.58 bits per heavy atom. The van der Waals surface area contributed by atoms with Crippen LogP contribution < -0.4 is 14.8 Å². The Balaban J connectivity index is 1.91. The van der Waals surface area contributed by atoms with Gasteiger partial charge in [0.15, 0.2) is 17.2 Å². The predicted molar refractivity (Wildman–Crippen MR) is 148 cm³/mol. The summed E-state index contributed by atoms with van der Waals surface area (Å²) in [5.74, 6) is -0.483. The minimum atomic E-state index is -4.72. The second kappa shape index (κ2) is 12.3. The quantitative estimate of drug-likeness (QED) is 0.166. The van der Waals surface area contributed by atoms with Crippen molar-refractivity contribution < 1.29 is 37.8 Å². The standard InChI is InChI=1S/C26H29ClNO8PS/c1-26(2,3)25(30)35-15-36-37(31,32)23(19-14-38-21-10-9-17(27)13-18(19)21)24(29)28-12-11-16-7-6-8-20(33-4)22(16)34-5/h6-14,23H,15H2,1-5H3,(H,28,29)(H,31,32). The number of hydrogen-bond donors (Lipinski definition) is 2. The smallest absolute Gasteiger partial charge is 0.347 e. The number of benzene rings is 2. The molecule has 0 bridgehead atoms. The number of rotatable bonds is 10. The number of methoxy groups -OCH3 is 2. The predicted octanol–water partition coefficient (Wildman–Crippen LogP) is 6.15. The lowest BCUT2D eigenvalue weighted by molar-refractivity contribution is -0.159. The van der Waals surface area contributed by atoms with Crippen LogP contribution in [0, 0.1) is 5.41 Å². The zero-order valence-corrected chi connectivity index (χ0v) is 24.0. The molecule has 38 heavy (non-hydrogen) atoms. The molecule has 2 atom stereocenters. The molecule has 12 heteroatoms. The van der Waals surface area contributed by atoms with Crippen LogP contribution in [0.3, 0.4) is 0 Å². The number of esters is 1. The van der Waals surface area contributed by atoms with Gasteiger partial charge < -0.3 is 24.4 Å². The van der Waals surface area contributed by atoms with Gasteiger partial charge in [-0.1, -0.05) is 23.7 Å². The molecule has 0 spiro atoms. The van der Waals surface area contributed by atoms with Gasteiger partial charge in [0.2, 0.25) is 12.7 Å². The van der Waals surface area contributed by atoms with E-state index in [1.54, 1.807) is 68.6 Å². The lowest BCUT2D eigenvalue weighted by atomic mass is 9.98. The van der Waals surface area contributed by atoms with E-state index in [2.05, 4.69) is 5.32 Å². The zero-order valence-electron chi connectivity index (χ0n) is 21.5. The van der Waals surface area contributed by atoms with Crippen LogP contribution in [0.2, 0.25) is 5.02 Å². The van der Waals surface area contributed by atoms with Gasteiger partial charge in [0.1, 0.15) is 0 Å². The number of ether oxygens (including phenoxy) is 3. The van der Waals surface area contributed by atoms with Gasteiger partial charge in [-0.2, -0.15) is 0 Å². The van der Waals surface area contributed by atoms with Crippen LogP contribution in [-0.4, -0.2) is 37.8 Å². The van der Waals surface area contributed by atoms with Crippen LogP contribution in [0.1, 0.15) is 37.6 Å². The zero-order chi connectivity index (χ0) is 28.1. The highest BCUT2D eigenvalue weighted by atomic mass is 35.5. The second-order valence-electron chi connectivity index (χ2n) is 9.15. The molecule has 0 aliphatic rings. The van der Waals surface area contributed by atoms with Crippen molar-refractivity contribution in [2.45, 2.75) is 26.4 Å². The van der Waals surface area contributed by atoms with Crippen LogP contribution in [-0.2, 0) is 23.4 Å². The van der Waals surface area contributed by atoms with Crippen LogP contribution in [0.5, 0.6) is 11.5 Å². The third kappa shape index (κ3) is 6.95. The summed E-state index contributed by atoms with van der Waals surface area (Å²) in [7, 11) is -1.72. The average molecular weight is 582 g/mol. The van der Waals surface area contributed by atoms with E-state index in [9.17, 15) is 19.0 Å². The Bertz CT molecular complexity index is 1400. The highest BCUT2D eigenvalue weighted by molar-refractivity contribution is 7.54. The van der Waals surface area contributed by atoms with Crippen LogP contribution in [0.15, 0.2) is 48.0 Å². The third-order valence-electron chi connectivity index (χ3n) is 5.40. The lowest BCUT2D eigenvalue weighted by Crippen LogP contribution is -2.27. The Labute approximate surface area is 229 Å². The van der Waals surface area contributed by atoms with E-state index in [1.165, 1.54) is 31.8 Å². The molecule has 0 radical (unpaired) electrons. The van der Waals surface area contributed by atoms with E-state index >= 15 is 0 Å². The minimum Gasteiger partial charge on any atom is -0.493 e. The van der Waals surface area contributed by atoms with Crippen molar-refractivity contribution in [2.75, 3.05) is 21.0 Å². The molecule has 0 fully saturated rings. The van der Waals surface area contributed by atoms with Gasteiger partial charge in [0.25, 0.3) is 0 Å². The van der Waals surface area contributed by atoms with Crippen molar-refractivity contribution in [1.82, 2.24) is 5.32 Å². The number of thiophene rings is 1. The van der Waals surface area contributed by atoms with Gasteiger partial charge in [-0.25, -0.2) is 0 Å². The monoisotopic (exact) mass is 581 g/mol. The van der Waals surface area contributed by atoms with Crippen molar-refractivity contribution in [3.05, 3.63) is 64.1 Å². The molecule has 3 aromatic rings. The highest BCUT2D eigenvalue weighted by Gasteiger charge is 2.42. The first kappa shape index (κ1) is 29.7. The molecule has 0 saturated carbocycles. The fraction of sp³-hybridized carbons (Fsp3) is 0.308. The van der Waals surface area contributed by atoms with Gasteiger partial charge >= 0.3 is 13.6 Å². The molecule has 0 aliphatic carbocycles. The van der Waals surface area contributed by atoms with E-state index in [1.807, 2.05) is 0 Å². The highest BCUT2D eigenvalue weighted by Crippen LogP contribution is 2.58. The number of fused-ring (bicyclic) bond motifs is 1. The van der Waals surface area contributed by atoms with Crippen LogP contribution in [0.4, 0.5) is 0 Å². The number of carbonyl (C=O) groups excluding carboxylic acids is 2. The summed E-state index contributed by atoms with van der Waals surface area (Å²) >= 11 is 7.45. The summed E-state index contributed by atoms with van der Waals surface area (Å²) in [5, 5.41) is 5.09. The SMILES string of the molecule is COc1cccc(C=CNC(=O)C(c2csc3ccc(Cl)cc23)P(=O)(O)OCOC(=O)C(C)(C)C)c1OC. The van der Waals surface area contributed by atoms with E-state index in [4.69, 9.17) is 30.3 Å². The number of amides is 1. The van der Waals surface area contributed by atoms with Crippen LogP contribution in [0.25, 0.3) is 16.2 Å². The van der Waals surface area contributed by atoms with Gasteiger partial charge in [0.05, 0.1) is 19.6 Å². The lowest BCUT2D eigenvalue weighted by Gasteiger charge is -2.22. The Hall–Kier alpha value is -2.88. The number of hydrogen-bond acceptors (Lipinski definition) is 8. The second-order valence-corrected chi connectivity index (χ2v) is 12.4. The summed E-state index contributed by atoms with van der Waals surface area (Å²) in [5.41, 5.74) is -1.62. The number of nitrogens with one attached hydrogen (secondary N) is 1. The average Bonchev–Trinajstić information content (AvgIpc) is 3.25. The molecule has 1 aromatic heterocycles. The molecule has 1 heterocycles. The van der Waals surface area contributed by atoms with E-state index in [0.29, 0.717) is 27.5 Å². The molecule has 0 aliphatic heterocycles. The first-order valence-electron chi connectivity index (χ1n) is 11.4. The van der Waals surface area contributed by atoms with Gasteiger partial charge in [-0.05, 0) is 67.4 Å². The van der Waals surface area contributed by atoms with Gasteiger partial charge in [0, 0.05) is 21.5 Å². The van der Waals surface area contributed by atoms with Gasteiger partial charge in [-0.15, -0.1) is 11.3 Å². The van der Waals surface area contributed by atoms with Gasteiger partial charge in [-0.3, -0.25) is 18.7 Å². The Kier molecular flexibility index (Phi) is 9.62. The maximum atomic E-state index is 13.4. The largest absolute Gasteiger partial charge is 0.493 e. The first-order chi connectivity index (χ1) is 17.9. The van der Waals surface area contributed by atoms with Crippen molar-refractivity contribution in [3.63, 3.8) is 0 Å². The summed E-state index contributed by atoms with van der Waals surface area (Å²) in [6.45, 7) is 4.10. The molecular weight excluding hydrogens is 553 g/mol. The third-order valence-corrected chi connectivity index (χ3v) is 8.25.